The van der Waals surface area contributed by atoms with Crippen LogP contribution in [0.4, 0.5) is 0 Å². The largest absolute Gasteiger partial charge is 0.409 e. The smallest absolute Gasteiger partial charge is 0.186 e. The molecule has 0 saturated carbocycles. The van der Waals surface area contributed by atoms with Crippen LogP contribution >= 0.6 is 0 Å². The zero-order chi connectivity index (χ0) is 14.1. The molecule has 3 N–H and O–H groups in total. The minimum atomic E-state index is 0.0928. The highest BCUT2D eigenvalue weighted by Crippen LogP contribution is 2.19. The maximum atomic E-state index is 8.80. The summed E-state index contributed by atoms with van der Waals surface area (Å²) in [4.78, 5) is 0. The average Bonchev–Trinajstić information content (AvgIpc) is 3.05. The SMILES string of the molecule is Cn1nc(Cn2cccc2/C(N)=N/O)c2ccccc21. The number of para-hydroxylation sites is 1. The van der Waals surface area contributed by atoms with E-state index < -0.39 is 0 Å². The van der Waals surface area contributed by atoms with Crippen LogP contribution in [0.1, 0.15) is 11.4 Å². The highest BCUT2D eigenvalue weighted by atomic mass is 16.4. The van der Waals surface area contributed by atoms with Crippen molar-refractivity contribution in [2.24, 2.45) is 17.9 Å². The Kier molecular flexibility index (Phi) is 2.90. The number of aromatic nitrogens is 3. The van der Waals surface area contributed by atoms with Gasteiger partial charge in [-0.1, -0.05) is 23.4 Å². The molecule has 0 saturated heterocycles. The van der Waals surface area contributed by atoms with E-state index in [-0.39, 0.29) is 5.84 Å². The number of aryl methyl sites for hydroxylation is 1. The molecule has 6 nitrogen and oxygen atoms in total. The Morgan fingerprint density at radius 3 is 2.90 bits per heavy atom. The maximum absolute atomic E-state index is 8.80. The molecule has 2 heterocycles. The van der Waals surface area contributed by atoms with E-state index in [0.29, 0.717) is 12.2 Å². The first-order chi connectivity index (χ1) is 9.70. The summed E-state index contributed by atoms with van der Waals surface area (Å²) in [5.41, 5.74) is 8.37. The van der Waals surface area contributed by atoms with Crippen molar-refractivity contribution >= 4 is 16.7 Å². The van der Waals surface area contributed by atoms with Gasteiger partial charge in [0, 0.05) is 18.6 Å². The second-order valence-corrected chi connectivity index (χ2v) is 4.59. The van der Waals surface area contributed by atoms with Crippen molar-refractivity contribution in [1.29, 1.82) is 0 Å². The number of rotatable bonds is 3. The predicted molar refractivity (Wildman–Crippen MR) is 76.8 cm³/mol. The van der Waals surface area contributed by atoms with Crippen LogP contribution in [0.15, 0.2) is 47.8 Å². The van der Waals surface area contributed by atoms with E-state index >= 15 is 0 Å². The Morgan fingerprint density at radius 2 is 2.10 bits per heavy atom. The number of benzene rings is 1. The van der Waals surface area contributed by atoms with Crippen LogP contribution in [0.2, 0.25) is 0 Å². The molecule has 2 aromatic heterocycles. The monoisotopic (exact) mass is 269 g/mol. The molecular weight excluding hydrogens is 254 g/mol. The van der Waals surface area contributed by atoms with E-state index in [1.165, 1.54) is 0 Å². The highest BCUT2D eigenvalue weighted by molar-refractivity contribution is 5.95. The zero-order valence-corrected chi connectivity index (χ0v) is 11.1. The molecule has 0 fully saturated rings. The number of fused-ring (bicyclic) bond motifs is 1. The molecule has 6 heteroatoms. The lowest BCUT2D eigenvalue weighted by molar-refractivity contribution is 0.318. The van der Waals surface area contributed by atoms with Gasteiger partial charge in [0.1, 0.15) is 0 Å². The van der Waals surface area contributed by atoms with Crippen LogP contribution in [0.3, 0.4) is 0 Å². The van der Waals surface area contributed by atoms with Gasteiger partial charge in [0.25, 0.3) is 0 Å². The lowest BCUT2D eigenvalue weighted by Crippen LogP contribution is -2.18. The van der Waals surface area contributed by atoms with Crippen molar-refractivity contribution in [3.05, 3.63) is 54.0 Å². The Morgan fingerprint density at radius 1 is 1.30 bits per heavy atom. The molecule has 0 unspecified atom stereocenters. The van der Waals surface area contributed by atoms with Crippen LogP contribution < -0.4 is 5.73 Å². The summed E-state index contributed by atoms with van der Waals surface area (Å²) in [6, 6.07) is 11.7. The molecule has 20 heavy (non-hydrogen) atoms. The summed E-state index contributed by atoms with van der Waals surface area (Å²) in [5.74, 6) is 0.0928. The fourth-order valence-corrected chi connectivity index (χ4v) is 2.40. The lowest BCUT2D eigenvalue weighted by atomic mass is 10.2. The number of oxime groups is 1. The van der Waals surface area contributed by atoms with Crippen molar-refractivity contribution in [3.8, 4) is 0 Å². The van der Waals surface area contributed by atoms with Gasteiger partial charge in [-0.3, -0.25) is 4.68 Å². The van der Waals surface area contributed by atoms with E-state index in [9.17, 15) is 0 Å². The topological polar surface area (TPSA) is 81.4 Å². The van der Waals surface area contributed by atoms with Crippen molar-refractivity contribution in [2.75, 3.05) is 0 Å². The van der Waals surface area contributed by atoms with E-state index in [1.54, 1.807) is 6.07 Å². The van der Waals surface area contributed by atoms with Gasteiger partial charge >= 0.3 is 0 Å². The van der Waals surface area contributed by atoms with E-state index in [2.05, 4.69) is 10.3 Å². The summed E-state index contributed by atoms with van der Waals surface area (Å²) < 4.78 is 3.77. The van der Waals surface area contributed by atoms with Crippen molar-refractivity contribution in [2.45, 2.75) is 6.54 Å². The zero-order valence-electron chi connectivity index (χ0n) is 11.1. The van der Waals surface area contributed by atoms with Crippen LogP contribution in [0, 0.1) is 0 Å². The van der Waals surface area contributed by atoms with Gasteiger partial charge in [0.05, 0.1) is 23.4 Å². The second-order valence-electron chi connectivity index (χ2n) is 4.59. The lowest BCUT2D eigenvalue weighted by Gasteiger charge is -2.06. The van der Waals surface area contributed by atoms with Crippen LogP contribution in [0.25, 0.3) is 10.9 Å². The van der Waals surface area contributed by atoms with Crippen molar-refractivity contribution < 1.29 is 5.21 Å². The van der Waals surface area contributed by atoms with Crippen LogP contribution in [0.5, 0.6) is 0 Å². The highest BCUT2D eigenvalue weighted by Gasteiger charge is 2.11. The average molecular weight is 269 g/mol. The number of amidine groups is 1. The molecule has 0 aliphatic heterocycles. The Labute approximate surface area is 115 Å². The minimum absolute atomic E-state index is 0.0928. The first-order valence-corrected chi connectivity index (χ1v) is 6.24. The summed E-state index contributed by atoms with van der Waals surface area (Å²) in [7, 11) is 1.92. The van der Waals surface area contributed by atoms with E-state index in [0.717, 1.165) is 16.6 Å². The Bertz CT molecular complexity index is 784. The number of hydrogen-bond donors (Lipinski definition) is 2. The summed E-state index contributed by atoms with van der Waals surface area (Å²) >= 11 is 0. The molecule has 3 aromatic rings. The van der Waals surface area contributed by atoms with Gasteiger partial charge in [-0.25, -0.2) is 0 Å². The fraction of sp³-hybridized carbons (Fsp3) is 0.143. The first-order valence-electron chi connectivity index (χ1n) is 6.24. The molecule has 0 aliphatic rings. The quantitative estimate of drug-likeness (QED) is 0.327. The third kappa shape index (κ3) is 1.91. The molecule has 1 aromatic carbocycles. The third-order valence-electron chi connectivity index (χ3n) is 3.35. The van der Waals surface area contributed by atoms with Crippen LogP contribution in [-0.2, 0) is 13.6 Å². The van der Waals surface area contributed by atoms with Crippen molar-refractivity contribution in [3.63, 3.8) is 0 Å². The predicted octanol–water partition coefficient (Wildman–Crippen LogP) is 1.52. The normalized spacial score (nSPS) is 12.2. The second kappa shape index (κ2) is 4.73. The molecule has 0 amide bonds. The first kappa shape index (κ1) is 12.3. The fourth-order valence-electron chi connectivity index (χ4n) is 2.40. The van der Waals surface area contributed by atoms with Gasteiger partial charge < -0.3 is 15.5 Å². The summed E-state index contributed by atoms with van der Waals surface area (Å²) in [5, 5.41) is 17.5. The Hall–Kier alpha value is -2.76. The van der Waals surface area contributed by atoms with Crippen molar-refractivity contribution in [1.82, 2.24) is 14.3 Å². The van der Waals surface area contributed by atoms with E-state index in [1.807, 2.05) is 52.8 Å². The molecule has 0 aliphatic carbocycles. The van der Waals surface area contributed by atoms with Gasteiger partial charge in [-0.2, -0.15) is 5.10 Å². The molecule has 0 bridgehead atoms. The molecule has 3 rings (SSSR count). The van der Waals surface area contributed by atoms with Gasteiger partial charge in [0.2, 0.25) is 0 Å². The summed E-state index contributed by atoms with van der Waals surface area (Å²) in [6.07, 6.45) is 1.89. The standard InChI is InChI=1S/C14H15N5O/c1-18-12-6-3-2-5-10(12)11(16-18)9-19-8-4-7-13(19)14(15)17-20/h2-8,20H,9H2,1H3,(H2,15,17). The third-order valence-corrected chi connectivity index (χ3v) is 3.35. The molecular formula is C14H15N5O. The van der Waals surface area contributed by atoms with Gasteiger partial charge in [-0.05, 0) is 18.2 Å². The Balaban J connectivity index is 2.04. The number of nitrogens with zero attached hydrogens (tertiary/aromatic N) is 4. The summed E-state index contributed by atoms with van der Waals surface area (Å²) in [6.45, 7) is 0.569. The molecule has 102 valence electrons. The van der Waals surface area contributed by atoms with E-state index in [4.69, 9.17) is 10.9 Å². The van der Waals surface area contributed by atoms with Gasteiger partial charge in [0.15, 0.2) is 5.84 Å². The van der Waals surface area contributed by atoms with Crippen LogP contribution in [-0.4, -0.2) is 25.4 Å². The number of hydrogen-bond acceptors (Lipinski definition) is 3. The number of nitrogens with two attached hydrogens (primary N) is 1. The maximum Gasteiger partial charge on any atom is 0.186 e. The molecule has 0 radical (unpaired) electrons. The molecule has 0 spiro atoms. The minimum Gasteiger partial charge on any atom is -0.409 e. The molecule has 0 atom stereocenters. The van der Waals surface area contributed by atoms with Gasteiger partial charge in [-0.15, -0.1) is 0 Å².